The summed E-state index contributed by atoms with van der Waals surface area (Å²) in [5.41, 5.74) is 8.32. The van der Waals surface area contributed by atoms with Crippen molar-refractivity contribution in [3.8, 4) is 74.8 Å². The molecule has 12 rings (SSSR count). The summed E-state index contributed by atoms with van der Waals surface area (Å²) in [7, 11) is 0. The Hall–Kier alpha value is -11.8. The summed E-state index contributed by atoms with van der Waals surface area (Å²) in [6.07, 6.45) is 17.5. The largest absolute Gasteiger partial charge is 0.481 e. The van der Waals surface area contributed by atoms with Crippen molar-refractivity contribution in [1.29, 1.82) is 0 Å². The molecule has 3 fully saturated rings. The third kappa shape index (κ3) is 29.4. The number of likely N-dealkylation sites (tertiary alicyclic amines) is 2. The number of rotatable bonds is 24. The van der Waals surface area contributed by atoms with E-state index in [1.165, 1.54) is 36.4 Å². The van der Waals surface area contributed by atoms with Gasteiger partial charge in [0.05, 0.1) is 50.0 Å². The molecule has 113 heavy (non-hydrogen) atoms. The number of aliphatic hydroxyl groups excluding tert-OH is 6. The van der Waals surface area contributed by atoms with Gasteiger partial charge < -0.3 is 81.0 Å². The second-order valence-corrected chi connectivity index (χ2v) is 25.3. The highest BCUT2D eigenvalue weighted by atomic mass is 19.3. The number of aliphatic carboxylic acids is 1. The van der Waals surface area contributed by atoms with Gasteiger partial charge in [-0.1, -0.05) is 72.8 Å². The number of carbonyl (C=O) groups is 3. The molecular weight excluding hydrogens is 1470 g/mol. The Morgan fingerprint density at radius 1 is 0.425 bits per heavy atom. The van der Waals surface area contributed by atoms with E-state index in [-0.39, 0.29) is 60.6 Å². The maximum Gasteiger partial charge on any atom is 0.387 e. The fraction of sp³-hybridized carbons (Fsp3) is 0.329. The van der Waals surface area contributed by atoms with Gasteiger partial charge in [-0.15, -0.1) is 24.2 Å². The zero-order valence-electron chi connectivity index (χ0n) is 62.1. The summed E-state index contributed by atoms with van der Waals surface area (Å²) in [5.74, 6) is 5.20. The number of halogens is 6. The molecule has 25 nitrogen and oxygen atoms in total. The molecule has 3 atom stereocenters. The van der Waals surface area contributed by atoms with E-state index in [0.29, 0.717) is 120 Å². The minimum Gasteiger partial charge on any atom is -0.481 e. The van der Waals surface area contributed by atoms with Gasteiger partial charge in [-0.25, -0.2) is 29.9 Å². The maximum atomic E-state index is 12.8. The van der Waals surface area contributed by atoms with Gasteiger partial charge in [0.2, 0.25) is 29.7 Å². The lowest BCUT2D eigenvalue weighted by Gasteiger charge is -2.32. The number of terminal acetylenes is 1. The minimum absolute atomic E-state index is 0.0266. The number of aromatic nitrogens is 6. The van der Waals surface area contributed by atoms with Crippen LogP contribution in [0.2, 0.25) is 0 Å². The molecule has 6 heterocycles. The van der Waals surface area contributed by atoms with Gasteiger partial charge >= 0.3 is 25.8 Å². The van der Waals surface area contributed by atoms with Crippen molar-refractivity contribution >= 4 is 52.7 Å². The Bertz CT molecular complexity index is 4220. The second-order valence-electron chi connectivity index (χ2n) is 25.3. The van der Waals surface area contributed by atoms with Crippen LogP contribution in [0.5, 0.6) is 17.2 Å². The standard InChI is InChI=1S/2C25H26F2N4O4.C20H17F2N3O4.C5H11NO.C4H6.C3H4/c2*26-24(27)35-21-7-3-16(4-8-21)18-13-28-25(29-14-18)30-19-5-1-17(2-6-19)22(15-32)23(34)31-11-9-20(33)10-12-31;21-19(22)29-16-7-3-12(4-8-16)14-9-23-20(24-10-14)25-15-5-1-13(2-6-15)17(11-26)18(27)28;7-5-1-3-6-4-2-5;1-3-4-2;1-3-2/h2*1-8,13-14,20,22,24,32-33H,9-12,15H2,(H,28,29,30);1-10,17,19,26H,11H2,(H,27,28)(H,23,24,25);5-7H,1-4H2;1-2H3;1H,2H3/t2*22-;;;;/m10..../s1. The highest BCUT2D eigenvalue weighted by Crippen LogP contribution is 2.31. The van der Waals surface area contributed by atoms with E-state index in [0.717, 1.165) is 42.6 Å². The Labute approximate surface area is 650 Å². The quantitative estimate of drug-likeness (QED) is 0.0198. The molecule has 3 aliphatic rings. The van der Waals surface area contributed by atoms with Crippen molar-refractivity contribution in [3.05, 3.63) is 199 Å². The maximum absolute atomic E-state index is 12.8. The molecule has 3 saturated heterocycles. The molecule has 0 spiro atoms. The van der Waals surface area contributed by atoms with Gasteiger partial charge in [0.1, 0.15) is 23.2 Å². The average Bonchev–Trinajstić information content (AvgIpc) is 0.831. The number of nitrogens with one attached hydrogen (secondary N) is 4. The number of carbonyl (C=O) groups excluding carboxylic acids is 2. The van der Waals surface area contributed by atoms with Gasteiger partial charge in [-0.05, 0) is 179 Å². The molecule has 9 aromatic rings. The average molecular weight is 1570 g/mol. The molecule has 11 N–H and O–H groups in total. The highest BCUT2D eigenvalue weighted by molar-refractivity contribution is 5.85. The molecule has 0 radical (unpaired) electrons. The Balaban J connectivity index is 0.000000216. The van der Waals surface area contributed by atoms with Crippen LogP contribution in [0.4, 0.5) is 61.2 Å². The predicted molar refractivity (Wildman–Crippen MR) is 414 cm³/mol. The summed E-state index contributed by atoms with van der Waals surface area (Å²) in [4.78, 5) is 65.7. The monoisotopic (exact) mass is 1560 g/mol. The smallest absolute Gasteiger partial charge is 0.387 e. The number of nitrogens with zero attached hydrogens (tertiary/aromatic N) is 8. The molecule has 0 aliphatic carbocycles. The van der Waals surface area contributed by atoms with Crippen molar-refractivity contribution in [2.75, 3.05) is 75.0 Å². The Morgan fingerprint density at radius 2 is 0.673 bits per heavy atom. The zero-order chi connectivity index (χ0) is 81.6. The van der Waals surface area contributed by atoms with Gasteiger partial charge in [0.25, 0.3) is 0 Å². The lowest BCUT2D eigenvalue weighted by atomic mass is 9.96. The lowest BCUT2D eigenvalue weighted by Crippen LogP contribution is -2.43. The third-order valence-electron chi connectivity index (χ3n) is 17.5. The van der Waals surface area contributed by atoms with Crippen LogP contribution in [0.3, 0.4) is 0 Å². The number of hydrogen-bond acceptors (Lipinski definition) is 22. The fourth-order valence-electron chi connectivity index (χ4n) is 11.3. The fourth-order valence-corrected chi connectivity index (χ4v) is 11.3. The second kappa shape index (κ2) is 46.8. The van der Waals surface area contributed by atoms with E-state index in [1.807, 2.05) is 13.8 Å². The van der Waals surface area contributed by atoms with Crippen molar-refractivity contribution in [2.24, 2.45) is 0 Å². The van der Waals surface area contributed by atoms with Crippen LogP contribution in [0, 0.1) is 24.2 Å². The first kappa shape index (κ1) is 88.4. The summed E-state index contributed by atoms with van der Waals surface area (Å²) in [6.45, 7) is -0.504. The van der Waals surface area contributed by atoms with Gasteiger partial charge in [0, 0.05) is 97.1 Å². The van der Waals surface area contributed by atoms with Gasteiger partial charge in [-0.3, -0.25) is 14.4 Å². The van der Waals surface area contributed by atoms with Crippen molar-refractivity contribution < 1.29 is 90.7 Å². The normalized spacial score (nSPS) is 14.2. The molecule has 598 valence electrons. The van der Waals surface area contributed by atoms with Crippen LogP contribution in [-0.2, 0) is 14.4 Å². The van der Waals surface area contributed by atoms with E-state index in [1.54, 1.807) is 163 Å². The first-order valence-corrected chi connectivity index (χ1v) is 35.9. The zero-order valence-corrected chi connectivity index (χ0v) is 62.1. The summed E-state index contributed by atoms with van der Waals surface area (Å²) >= 11 is 0. The molecule has 1 unspecified atom stereocenters. The van der Waals surface area contributed by atoms with Crippen molar-refractivity contribution in [2.45, 2.75) is 115 Å². The number of piperidine rings is 3. The Morgan fingerprint density at radius 3 is 0.885 bits per heavy atom. The molecular formula is C82H90F6N12O13. The number of aliphatic hydroxyl groups is 6. The molecule has 6 aromatic carbocycles. The van der Waals surface area contributed by atoms with Gasteiger partial charge in [-0.2, -0.15) is 26.3 Å². The van der Waals surface area contributed by atoms with Crippen molar-refractivity contribution in [1.82, 2.24) is 45.0 Å². The first-order valence-electron chi connectivity index (χ1n) is 35.9. The SMILES string of the molecule is C#CC.CC#CC.O=C(O)C(CO)c1ccc(Nc2ncc(-c3ccc(OC(F)F)cc3)cn2)cc1.O=C([C@@H](CO)c1ccc(Nc2ncc(-c3ccc(OC(F)F)cc3)cn2)cc1)N1CCC(O)CC1.O=C([C@H](CO)c1ccc(Nc2ncc(-c3ccc(OC(F)F)cc3)cn2)cc1)N1CCC(O)CC1.OC1CCNCC1. The molecule has 2 amide bonds. The minimum atomic E-state index is -2.87. The van der Waals surface area contributed by atoms with Crippen LogP contribution >= 0.6 is 0 Å². The number of hydrogen-bond donors (Lipinski definition) is 11. The summed E-state index contributed by atoms with van der Waals surface area (Å²) < 4.78 is 86.6. The van der Waals surface area contributed by atoms with E-state index < -0.39 is 50.2 Å². The van der Waals surface area contributed by atoms with Crippen LogP contribution < -0.4 is 35.5 Å². The van der Waals surface area contributed by atoms with Crippen molar-refractivity contribution in [3.63, 3.8) is 0 Å². The number of anilines is 6. The van der Waals surface area contributed by atoms with Gasteiger partial charge in [0.15, 0.2) is 0 Å². The van der Waals surface area contributed by atoms with E-state index in [4.69, 9.17) is 10.2 Å². The topological polar surface area (TPSA) is 352 Å². The van der Waals surface area contributed by atoms with E-state index in [9.17, 15) is 66.3 Å². The molecule has 31 heteroatoms. The lowest BCUT2D eigenvalue weighted by molar-refractivity contribution is -0.140. The molecule has 3 aromatic heterocycles. The number of carboxylic acids is 1. The van der Waals surface area contributed by atoms with Crippen LogP contribution in [0.1, 0.15) is 93.7 Å². The van der Waals surface area contributed by atoms with E-state index in [2.05, 4.69) is 89.6 Å². The molecule has 0 bridgehead atoms. The highest BCUT2D eigenvalue weighted by Gasteiger charge is 2.30. The Kier molecular flexibility index (Phi) is 36.6. The van der Waals surface area contributed by atoms with Crippen LogP contribution in [-0.4, -0.2) is 190 Å². The number of carboxylic acid groups (broad SMARTS) is 1. The molecule has 3 aliphatic heterocycles. The number of alkyl halides is 6. The number of amides is 2. The predicted octanol–water partition coefficient (Wildman–Crippen LogP) is 12.1. The number of benzene rings is 6. The van der Waals surface area contributed by atoms with Crippen LogP contribution in [0.15, 0.2) is 183 Å². The summed E-state index contributed by atoms with van der Waals surface area (Å²) in [6, 6.07) is 39.3. The first-order chi connectivity index (χ1) is 54.5. The third-order valence-corrected chi connectivity index (χ3v) is 17.5. The van der Waals surface area contributed by atoms with Crippen LogP contribution in [0.25, 0.3) is 33.4 Å². The molecule has 0 saturated carbocycles. The number of ether oxygens (including phenoxy) is 3. The van der Waals surface area contributed by atoms with E-state index >= 15 is 0 Å². The summed E-state index contributed by atoms with van der Waals surface area (Å²) in [5, 5.41) is 78.4.